The zero-order chi connectivity index (χ0) is 17.4. The number of nitrogens with one attached hydrogen (secondary N) is 1. The van der Waals surface area contributed by atoms with Crippen LogP contribution in [0.2, 0.25) is 0 Å². The molecule has 1 N–H and O–H groups in total. The highest BCUT2D eigenvalue weighted by Gasteiger charge is 2.33. The Morgan fingerprint density at radius 3 is 2.88 bits per heavy atom. The molecule has 1 amide bonds. The molecule has 4 rings (SSSR count). The molecule has 2 aromatic rings. The Balaban J connectivity index is 1.50. The van der Waals surface area contributed by atoms with Crippen molar-refractivity contribution in [2.24, 2.45) is 9.98 Å². The SMILES string of the molecule is Cc1ccc(CCNC(=O)c2c(C)oc3c2C2=NCCN2C=N3)cc1. The van der Waals surface area contributed by atoms with Gasteiger partial charge >= 0.3 is 0 Å². The Morgan fingerprint density at radius 2 is 2.08 bits per heavy atom. The van der Waals surface area contributed by atoms with Gasteiger partial charge in [0.25, 0.3) is 5.91 Å². The molecule has 0 radical (unpaired) electrons. The van der Waals surface area contributed by atoms with Crippen LogP contribution in [-0.4, -0.2) is 42.6 Å². The van der Waals surface area contributed by atoms with Crippen LogP contribution < -0.4 is 5.32 Å². The zero-order valence-electron chi connectivity index (χ0n) is 14.4. The van der Waals surface area contributed by atoms with Gasteiger partial charge in [-0.1, -0.05) is 29.8 Å². The molecule has 1 aromatic heterocycles. The lowest BCUT2D eigenvalue weighted by atomic mass is 10.1. The predicted molar refractivity (Wildman–Crippen MR) is 96.9 cm³/mol. The van der Waals surface area contributed by atoms with Crippen molar-refractivity contribution in [1.82, 2.24) is 10.2 Å². The summed E-state index contributed by atoms with van der Waals surface area (Å²) in [7, 11) is 0. The van der Waals surface area contributed by atoms with Crippen LogP contribution >= 0.6 is 0 Å². The van der Waals surface area contributed by atoms with E-state index in [1.807, 2.05) is 4.90 Å². The van der Waals surface area contributed by atoms with Gasteiger partial charge in [0.2, 0.25) is 5.88 Å². The van der Waals surface area contributed by atoms with Gasteiger partial charge in [0, 0.05) is 13.1 Å². The fourth-order valence-electron chi connectivity index (χ4n) is 3.18. The van der Waals surface area contributed by atoms with E-state index < -0.39 is 0 Å². The van der Waals surface area contributed by atoms with Crippen LogP contribution in [-0.2, 0) is 6.42 Å². The first-order valence-corrected chi connectivity index (χ1v) is 8.46. The number of benzene rings is 1. The number of rotatable bonds is 4. The number of aliphatic imine (C=N–C) groups is 2. The number of furan rings is 1. The first-order chi connectivity index (χ1) is 12.1. The normalized spacial score (nSPS) is 15.0. The second kappa shape index (κ2) is 6.20. The fraction of sp³-hybridized carbons (Fsp3) is 0.316. The van der Waals surface area contributed by atoms with E-state index in [0.29, 0.717) is 35.9 Å². The van der Waals surface area contributed by atoms with Crippen LogP contribution in [0.1, 0.15) is 32.8 Å². The van der Waals surface area contributed by atoms with Crippen molar-refractivity contribution in [3.8, 4) is 0 Å². The van der Waals surface area contributed by atoms with E-state index in [2.05, 4.69) is 46.5 Å². The lowest BCUT2D eigenvalue weighted by Gasteiger charge is -2.18. The maximum atomic E-state index is 12.7. The largest absolute Gasteiger partial charge is 0.442 e. The Kier molecular flexibility index (Phi) is 3.87. The minimum Gasteiger partial charge on any atom is -0.442 e. The van der Waals surface area contributed by atoms with Crippen molar-refractivity contribution in [3.05, 3.63) is 52.3 Å². The molecule has 0 bridgehead atoms. The van der Waals surface area contributed by atoms with Crippen LogP contribution in [0.15, 0.2) is 38.7 Å². The number of carbonyl (C=O) groups is 1. The van der Waals surface area contributed by atoms with E-state index in [4.69, 9.17) is 4.42 Å². The second-order valence-electron chi connectivity index (χ2n) is 6.35. The average molecular weight is 336 g/mol. The predicted octanol–water partition coefficient (Wildman–Crippen LogP) is 2.60. The number of hydrogen-bond donors (Lipinski definition) is 1. The molecule has 25 heavy (non-hydrogen) atoms. The molecule has 2 aliphatic rings. The monoisotopic (exact) mass is 336 g/mol. The molecule has 0 saturated heterocycles. The van der Waals surface area contributed by atoms with Crippen molar-refractivity contribution in [3.63, 3.8) is 0 Å². The van der Waals surface area contributed by atoms with Crippen molar-refractivity contribution in [2.75, 3.05) is 19.6 Å². The average Bonchev–Trinajstić information content (AvgIpc) is 3.19. The topological polar surface area (TPSA) is 70.2 Å². The molecule has 0 fully saturated rings. The Bertz CT molecular complexity index is 878. The summed E-state index contributed by atoms with van der Waals surface area (Å²) in [5, 5.41) is 2.99. The van der Waals surface area contributed by atoms with E-state index in [1.54, 1.807) is 13.3 Å². The van der Waals surface area contributed by atoms with Gasteiger partial charge in [0.1, 0.15) is 17.9 Å². The van der Waals surface area contributed by atoms with Gasteiger partial charge in [-0.2, -0.15) is 0 Å². The maximum Gasteiger partial charge on any atom is 0.255 e. The van der Waals surface area contributed by atoms with Gasteiger partial charge < -0.3 is 14.6 Å². The highest BCUT2D eigenvalue weighted by Crippen LogP contribution is 2.34. The van der Waals surface area contributed by atoms with Crippen molar-refractivity contribution < 1.29 is 9.21 Å². The molecule has 3 heterocycles. The van der Waals surface area contributed by atoms with Crippen molar-refractivity contribution in [1.29, 1.82) is 0 Å². The lowest BCUT2D eigenvalue weighted by molar-refractivity contribution is 0.0952. The number of fused-ring (bicyclic) bond motifs is 3. The third kappa shape index (κ3) is 2.84. The van der Waals surface area contributed by atoms with Gasteiger partial charge in [-0.25, -0.2) is 4.99 Å². The molecular weight excluding hydrogens is 316 g/mol. The van der Waals surface area contributed by atoms with Crippen LogP contribution in [0.5, 0.6) is 0 Å². The van der Waals surface area contributed by atoms with E-state index in [-0.39, 0.29) is 5.91 Å². The van der Waals surface area contributed by atoms with E-state index in [1.165, 1.54) is 11.1 Å². The number of nitrogens with zero attached hydrogens (tertiary/aromatic N) is 3. The number of amides is 1. The quantitative estimate of drug-likeness (QED) is 0.933. The van der Waals surface area contributed by atoms with Gasteiger partial charge in [-0.3, -0.25) is 9.79 Å². The summed E-state index contributed by atoms with van der Waals surface area (Å²) >= 11 is 0. The van der Waals surface area contributed by atoms with Gasteiger partial charge in [-0.15, -0.1) is 0 Å². The molecule has 0 spiro atoms. The highest BCUT2D eigenvalue weighted by molar-refractivity contribution is 6.17. The summed E-state index contributed by atoms with van der Waals surface area (Å²) < 4.78 is 5.68. The molecule has 2 aliphatic heterocycles. The van der Waals surface area contributed by atoms with Crippen LogP contribution in [0, 0.1) is 13.8 Å². The minimum absolute atomic E-state index is 0.138. The van der Waals surface area contributed by atoms with Crippen molar-refractivity contribution in [2.45, 2.75) is 20.3 Å². The second-order valence-corrected chi connectivity index (χ2v) is 6.35. The standard InChI is InChI=1S/C19H20N4O2/c1-12-3-5-14(6-4-12)7-8-21-18(24)15-13(2)25-19-16(15)17-20-9-10-23(17)11-22-19/h3-6,11H,7-10H2,1-2H3,(H,21,24). The van der Waals surface area contributed by atoms with E-state index in [0.717, 1.165) is 18.8 Å². The van der Waals surface area contributed by atoms with Gasteiger partial charge in [-0.05, 0) is 25.8 Å². The smallest absolute Gasteiger partial charge is 0.255 e. The van der Waals surface area contributed by atoms with Crippen LogP contribution in [0.4, 0.5) is 5.88 Å². The molecule has 6 heteroatoms. The molecule has 0 aliphatic carbocycles. The third-order valence-corrected chi connectivity index (χ3v) is 4.53. The molecule has 6 nitrogen and oxygen atoms in total. The summed E-state index contributed by atoms with van der Waals surface area (Å²) in [5.74, 6) is 1.69. The van der Waals surface area contributed by atoms with Crippen molar-refractivity contribution >= 4 is 24.0 Å². The maximum absolute atomic E-state index is 12.7. The number of hydrogen-bond acceptors (Lipinski definition) is 5. The number of amidine groups is 1. The van der Waals surface area contributed by atoms with Crippen LogP contribution in [0.25, 0.3) is 0 Å². The van der Waals surface area contributed by atoms with E-state index >= 15 is 0 Å². The summed E-state index contributed by atoms with van der Waals surface area (Å²) in [6.45, 7) is 5.92. The zero-order valence-corrected chi connectivity index (χ0v) is 14.4. The third-order valence-electron chi connectivity index (χ3n) is 4.53. The molecule has 0 atom stereocenters. The molecule has 0 saturated carbocycles. The Hall–Kier alpha value is -2.89. The highest BCUT2D eigenvalue weighted by atomic mass is 16.4. The fourth-order valence-corrected chi connectivity index (χ4v) is 3.18. The van der Waals surface area contributed by atoms with Gasteiger partial charge in [0.05, 0.1) is 17.7 Å². The lowest BCUT2D eigenvalue weighted by Crippen LogP contribution is -2.32. The van der Waals surface area contributed by atoms with E-state index in [9.17, 15) is 4.79 Å². The summed E-state index contributed by atoms with van der Waals surface area (Å²) in [5.41, 5.74) is 3.69. The first kappa shape index (κ1) is 15.6. The summed E-state index contributed by atoms with van der Waals surface area (Å²) in [6, 6.07) is 8.34. The van der Waals surface area contributed by atoms with Gasteiger partial charge in [0.15, 0.2) is 0 Å². The minimum atomic E-state index is -0.138. The number of carbonyl (C=O) groups excluding carboxylic acids is 1. The number of aryl methyl sites for hydroxylation is 2. The summed E-state index contributed by atoms with van der Waals surface area (Å²) in [6.07, 6.45) is 2.51. The Labute approximate surface area is 146 Å². The molecule has 128 valence electrons. The summed E-state index contributed by atoms with van der Waals surface area (Å²) in [4.78, 5) is 23.5. The molecule has 0 unspecified atom stereocenters. The first-order valence-electron chi connectivity index (χ1n) is 8.46. The molecular formula is C19H20N4O2. The molecule has 1 aromatic carbocycles. The Morgan fingerprint density at radius 1 is 1.28 bits per heavy atom. The van der Waals surface area contributed by atoms with Crippen LogP contribution in [0.3, 0.4) is 0 Å².